The third kappa shape index (κ3) is 3.29. The molecule has 1 atom stereocenters. The highest BCUT2D eigenvalue weighted by Gasteiger charge is 2.23. The molecule has 3 rings (SSSR count). The van der Waals surface area contributed by atoms with Gasteiger partial charge >= 0.3 is 0 Å². The van der Waals surface area contributed by atoms with Crippen molar-refractivity contribution in [2.75, 3.05) is 19.6 Å². The maximum absolute atomic E-state index is 3.56. The molecule has 3 heteroatoms. The van der Waals surface area contributed by atoms with Crippen LogP contribution in [0.2, 0.25) is 0 Å². The zero-order valence-corrected chi connectivity index (χ0v) is 13.0. The lowest BCUT2D eigenvalue weighted by Gasteiger charge is -2.36. The van der Waals surface area contributed by atoms with Crippen LogP contribution < -0.4 is 5.32 Å². The Balaban J connectivity index is 1.79. The van der Waals surface area contributed by atoms with Crippen LogP contribution in [-0.4, -0.2) is 24.5 Å². The summed E-state index contributed by atoms with van der Waals surface area (Å²) in [6, 6.07) is 19.9. The van der Waals surface area contributed by atoms with Gasteiger partial charge < -0.3 is 5.32 Å². The molecule has 0 radical (unpaired) electrons. The minimum Gasteiger partial charge on any atom is -0.314 e. The Morgan fingerprint density at radius 1 is 1.10 bits per heavy atom. The fourth-order valence-electron chi connectivity index (χ4n) is 2.81. The van der Waals surface area contributed by atoms with Crippen molar-refractivity contribution in [3.05, 3.63) is 70.2 Å². The minimum atomic E-state index is 0.462. The molecule has 2 nitrogen and oxygen atoms in total. The summed E-state index contributed by atoms with van der Waals surface area (Å²) in [4.78, 5) is 2.56. The van der Waals surface area contributed by atoms with Crippen LogP contribution >= 0.6 is 15.9 Å². The molecule has 1 fully saturated rings. The molecule has 0 bridgehead atoms. The normalized spacial score (nSPS) is 19.9. The first-order valence-electron chi connectivity index (χ1n) is 7.07. The van der Waals surface area contributed by atoms with Crippen LogP contribution in [0.3, 0.4) is 0 Å². The lowest BCUT2D eigenvalue weighted by Crippen LogP contribution is -2.45. The predicted octanol–water partition coefficient (Wildman–Crippen LogP) is 3.60. The Morgan fingerprint density at radius 2 is 1.95 bits per heavy atom. The Morgan fingerprint density at radius 3 is 2.75 bits per heavy atom. The van der Waals surface area contributed by atoms with Crippen molar-refractivity contribution in [2.45, 2.75) is 12.6 Å². The van der Waals surface area contributed by atoms with E-state index in [9.17, 15) is 0 Å². The fourth-order valence-corrected chi connectivity index (χ4v) is 3.26. The molecule has 2 aromatic rings. The van der Waals surface area contributed by atoms with Gasteiger partial charge in [-0.3, -0.25) is 4.90 Å². The summed E-state index contributed by atoms with van der Waals surface area (Å²) in [5.74, 6) is 0. The molecule has 1 N–H and O–H groups in total. The number of rotatable bonds is 3. The molecule has 0 amide bonds. The van der Waals surface area contributed by atoms with E-state index >= 15 is 0 Å². The van der Waals surface area contributed by atoms with Gasteiger partial charge in [0.1, 0.15) is 0 Å². The van der Waals surface area contributed by atoms with Gasteiger partial charge in [0.05, 0.1) is 0 Å². The topological polar surface area (TPSA) is 15.3 Å². The smallest absolute Gasteiger partial charge is 0.0476 e. The third-order valence-electron chi connectivity index (χ3n) is 3.81. The summed E-state index contributed by atoms with van der Waals surface area (Å²) in [7, 11) is 0. The molecule has 104 valence electrons. The summed E-state index contributed by atoms with van der Waals surface area (Å²) in [5, 5.41) is 3.51. The average Bonchev–Trinajstić information content (AvgIpc) is 2.49. The van der Waals surface area contributed by atoms with Crippen LogP contribution in [0.5, 0.6) is 0 Å². The molecule has 1 aliphatic rings. The van der Waals surface area contributed by atoms with E-state index in [1.54, 1.807) is 0 Å². The van der Waals surface area contributed by atoms with Crippen molar-refractivity contribution in [3.63, 3.8) is 0 Å². The second-order valence-electron chi connectivity index (χ2n) is 5.23. The molecule has 1 saturated heterocycles. The van der Waals surface area contributed by atoms with Crippen LogP contribution in [0.15, 0.2) is 59.1 Å². The monoisotopic (exact) mass is 330 g/mol. The van der Waals surface area contributed by atoms with Gasteiger partial charge in [-0.2, -0.15) is 0 Å². The number of nitrogens with zero attached hydrogens (tertiary/aromatic N) is 1. The number of benzene rings is 2. The zero-order chi connectivity index (χ0) is 13.8. The Bertz CT molecular complexity index is 556. The molecule has 2 aromatic carbocycles. The second kappa shape index (κ2) is 6.53. The highest BCUT2D eigenvalue weighted by molar-refractivity contribution is 9.10. The van der Waals surface area contributed by atoms with Gasteiger partial charge in [0, 0.05) is 36.7 Å². The molecule has 0 saturated carbocycles. The number of halogens is 1. The van der Waals surface area contributed by atoms with Gasteiger partial charge in [-0.25, -0.2) is 0 Å². The average molecular weight is 331 g/mol. The Labute approximate surface area is 128 Å². The second-order valence-corrected chi connectivity index (χ2v) is 6.15. The molecule has 0 aliphatic carbocycles. The van der Waals surface area contributed by atoms with E-state index < -0.39 is 0 Å². The van der Waals surface area contributed by atoms with Crippen LogP contribution in [0.1, 0.15) is 17.2 Å². The van der Waals surface area contributed by atoms with Gasteiger partial charge in [-0.1, -0.05) is 58.4 Å². The molecule has 1 unspecified atom stereocenters. The molecular weight excluding hydrogens is 312 g/mol. The quantitative estimate of drug-likeness (QED) is 0.925. The van der Waals surface area contributed by atoms with Gasteiger partial charge in [0.15, 0.2) is 0 Å². The highest BCUT2D eigenvalue weighted by atomic mass is 79.9. The van der Waals surface area contributed by atoms with Crippen molar-refractivity contribution in [1.82, 2.24) is 10.2 Å². The summed E-state index contributed by atoms with van der Waals surface area (Å²) >= 11 is 3.56. The standard InChI is InChI=1S/C17H19BrN2/c18-16-8-4-5-14(11-16)13-20-10-9-19-12-17(20)15-6-2-1-3-7-15/h1-8,11,17,19H,9-10,12-13H2. The van der Waals surface area contributed by atoms with Crippen LogP contribution in [-0.2, 0) is 6.54 Å². The lowest BCUT2D eigenvalue weighted by molar-refractivity contribution is 0.154. The SMILES string of the molecule is Brc1cccc(CN2CCNCC2c2ccccc2)c1. The number of nitrogens with one attached hydrogen (secondary N) is 1. The largest absolute Gasteiger partial charge is 0.314 e. The molecule has 0 spiro atoms. The van der Waals surface area contributed by atoms with E-state index in [0.29, 0.717) is 6.04 Å². The maximum atomic E-state index is 3.56. The summed E-state index contributed by atoms with van der Waals surface area (Å²) in [6.07, 6.45) is 0. The molecule has 20 heavy (non-hydrogen) atoms. The lowest BCUT2D eigenvalue weighted by atomic mass is 10.0. The van der Waals surface area contributed by atoms with Crippen molar-refractivity contribution in [1.29, 1.82) is 0 Å². The summed E-state index contributed by atoms with van der Waals surface area (Å²) in [6.45, 7) is 4.18. The van der Waals surface area contributed by atoms with Crippen molar-refractivity contribution in [3.8, 4) is 0 Å². The Kier molecular flexibility index (Phi) is 4.51. The fraction of sp³-hybridized carbons (Fsp3) is 0.294. The number of hydrogen-bond acceptors (Lipinski definition) is 2. The summed E-state index contributed by atoms with van der Waals surface area (Å²) in [5.41, 5.74) is 2.76. The molecule has 0 aromatic heterocycles. The Hall–Kier alpha value is -1.16. The highest BCUT2D eigenvalue weighted by Crippen LogP contribution is 2.24. The first-order chi connectivity index (χ1) is 9.83. The molecular formula is C17H19BrN2. The van der Waals surface area contributed by atoms with Crippen molar-refractivity contribution >= 4 is 15.9 Å². The van der Waals surface area contributed by atoms with Gasteiger partial charge in [0.25, 0.3) is 0 Å². The van der Waals surface area contributed by atoms with Gasteiger partial charge in [-0.15, -0.1) is 0 Å². The van der Waals surface area contributed by atoms with Crippen molar-refractivity contribution in [2.24, 2.45) is 0 Å². The van der Waals surface area contributed by atoms with Crippen molar-refractivity contribution < 1.29 is 0 Å². The van der Waals surface area contributed by atoms with E-state index in [-0.39, 0.29) is 0 Å². The van der Waals surface area contributed by atoms with Crippen LogP contribution in [0.4, 0.5) is 0 Å². The van der Waals surface area contributed by atoms with Crippen LogP contribution in [0.25, 0.3) is 0 Å². The zero-order valence-electron chi connectivity index (χ0n) is 11.4. The maximum Gasteiger partial charge on any atom is 0.0476 e. The van der Waals surface area contributed by atoms with E-state index in [0.717, 1.165) is 30.7 Å². The van der Waals surface area contributed by atoms with Crippen LogP contribution in [0, 0.1) is 0 Å². The van der Waals surface area contributed by atoms with E-state index in [2.05, 4.69) is 80.7 Å². The van der Waals surface area contributed by atoms with Gasteiger partial charge in [0.2, 0.25) is 0 Å². The van der Waals surface area contributed by atoms with E-state index in [4.69, 9.17) is 0 Å². The van der Waals surface area contributed by atoms with E-state index in [1.807, 2.05) is 0 Å². The third-order valence-corrected chi connectivity index (χ3v) is 4.31. The first-order valence-corrected chi connectivity index (χ1v) is 7.86. The minimum absolute atomic E-state index is 0.462. The number of piperazine rings is 1. The van der Waals surface area contributed by atoms with Gasteiger partial charge in [-0.05, 0) is 23.3 Å². The summed E-state index contributed by atoms with van der Waals surface area (Å²) < 4.78 is 1.15. The number of hydrogen-bond donors (Lipinski definition) is 1. The first kappa shape index (κ1) is 13.8. The molecule has 1 aliphatic heterocycles. The predicted molar refractivity (Wildman–Crippen MR) is 86.6 cm³/mol. The van der Waals surface area contributed by atoms with E-state index in [1.165, 1.54) is 11.1 Å². The molecule has 1 heterocycles.